The molecule has 2 aromatic rings. The summed E-state index contributed by atoms with van der Waals surface area (Å²) in [5.74, 6) is -0.0526. The monoisotopic (exact) mass is 230 g/mol. The maximum atomic E-state index is 11.8. The van der Waals surface area contributed by atoms with Crippen LogP contribution in [0.25, 0.3) is 0 Å². The van der Waals surface area contributed by atoms with E-state index in [4.69, 9.17) is 0 Å². The van der Waals surface area contributed by atoms with Gasteiger partial charge in [0.1, 0.15) is 12.7 Å². The van der Waals surface area contributed by atoms with Gasteiger partial charge in [-0.25, -0.2) is 4.98 Å². The molecule has 0 aliphatic carbocycles. The molecule has 0 saturated carbocycles. The Labute approximate surface area is 99.5 Å². The number of hydrogen-bond donors (Lipinski definition) is 1. The second-order valence-electron chi connectivity index (χ2n) is 3.73. The maximum Gasteiger partial charge on any atom is 0.251 e. The van der Waals surface area contributed by atoms with Crippen molar-refractivity contribution in [3.8, 4) is 0 Å². The molecule has 1 N–H and O–H groups in total. The van der Waals surface area contributed by atoms with Crippen LogP contribution in [0.3, 0.4) is 0 Å². The largest absolute Gasteiger partial charge is 0.350 e. The number of benzene rings is 1. The molecule has 0 saturated heterocycles. The number of nitrogens with zero attached hydrogens (tertiary/aromatic N) is 3. The summed E-state index contributed by atoms with van der Waals surface area (Å²) in [6.07, 6.45) is 3.10. The highest BCUT2D eigenvalue weighted by Gasteiger charge is 2.06. The minimum atomic E-state index is -0.0526. The van der Waals surface area contributed by atoms with Crippen molar-refractivity contribution in [2.24, 2.45) is 0 Å². The number of hydrogen-bond acceptors (Lipinski definition) is 3. The van der Waals surface area contributed by atoms with Crippen molar-refractivity contribution < 1.29 is 4.79 Å². The molecular weight excluding hydrogens is 216 g/mol. The highest BCUT2D eigenvalue weighted by molar-refractivity contribution is 5.95. The number of aryl methyl sites for hydroxylation is 1. The lowest BCUT2D eigenvalue weighted by molar-refractivity contribution is 0.0951. The number of carbonyl (C=O) groups is 1. The first-order valence-corrected chi connectivity index (χ1v) is 5.43. The van der Waals surface area contributed by atoms with Crippen molar-refractivity contribution in [1.29, 1.82) is 0 Å². The van der Waals surface area contributed by atoms with E-state index in [0.29, 0.717) is 18.7 Å². The highest BCUT2D eigenvalue weighted by Crippen LogP contribution is 2.05. The van der Waals surface area contributed by atoms with E-state index < -0.39 is 0 Å². The Balaban J connectivity index is 1.88. The molecule has 1 heterocycles. The number of carbonyl (C=O) groups excluding carboxylic acids is 1. The van der Waals surface area contributed by atoms with E-state index in [1.807, 2.05) is 31.2 Å². The minimum absolute atomic E-state index is 0.0526. The van der Waals surface area contributed by atoms with Crippen LogP contribution in [0.15, 0.2) is 36.9 Å². The van der Waals surface area contributed by atoms with Crippen molar-refractivity contribution in [2.45, 2.75) is 13.5 Å². The average Bonchev–Trinajstić information content (AvgIpc) is 2.82. The number of rotatable bonds is 4. The van der Waals surface area contributed by atoms with Gasteiger partial charge in [-0.15, -0.1) is 0 Å². The van der Waals surface area contributed by atoms with Gasteiger partial charge >= 0.3 is 0 Å². The average molecular weight is 230 g/mol. The number of nitrogens with one attached hydrogen (secondary N) is 1. The van der Waals surface area contributed by atoms with E-state index in [0.717, 1.165) is 5.56 Å². The molecule has 0 aliphatic rings. The molecule has 1 amide bonds. The standard InChI is InChI=1S/C12H14N4O/c1-10-4-2-3-5-11(10)12(17)14-6-7-16-9-13-8-15-16/h2-5,8-9H,6-7H2,1H3,(H,14,17). The van der Waals surface area contributed by atoms with Crippen molar-refractivity contribution in [3.63, 3.8) is 0 Å². The predicted octanol–water partition coefficient (Wildman–Crippen LogP) is 1.02. The molecule has 0 radical (unpaired) electrons. The summed E-state index contributed by atoms with van der Waals surface area (Å²) in [7, 11) is 0. The molecule has 5 heteroatoms. The van der Waals surface area contributed by atoms with Crippen molar-refractivity contribution in [2.75, 3.05) is 6.54 Å². The van der Waals surface area contributed by atoms with Crippen molar-refractivity contribution in [1.82, 2.24) is 20.1 Å². The van der Waals surface area contributed by atoms with Gasteiger partial charge in [0.2, 0.25) is 0 Å². The first kappa shape index (κ1) is 11.3. The summed E-state index contributed by atoms with van der Waals surface area (Å²) in [6, 6.07) is 7.52. The molecule has 0 atom stereocenters. The summed E-state index contributed by atoms with van der Waals surface area (Å²) in [5, 5.41) is 6.81. The minimum Gasteiger partial charge on any atom is -0.350 e. The zero-order valence-corrected chi connectivity index (χ0v) is 9.63. The van der Waals surface area contributed by atoms with Gasteiger partial charge in [-0.2, -0.15) is 5.10 Å². The van der Waals surface area contributed by atoms with Gasteiger partial charge in [0.05, 0.1) is 6.54 Å². The van der Waals surface area contributed by atoms with Crippen LogP contribution in [0.2, 0.25) is 0 Å². The first-order valence-electron chi connectivity index (χ1n) is 5.43. The Hall–Kier alpha value is -2.17. The third kappa shape index (κ3) is 2.90. The van der Waals surface area contributed by atoms with Crippen LogP contribution in [0.4, 0.5) is 0 Å². The Bertz CT molecular complexity index is 493. The third-order valence-electron chi connectivity index (χ3n) is 2.48. The Kier molecular flexibility index (Phi) is 3.49. The topological polar surface area (TPSA) is 59.8 Å². The van der Waals surface area contributed by atoms with Gasteiger partial charge < -0.3 is 5.32 Å². The normalized spacial score (nSPS) is 10.2. The van der Waals surface area contributed by atoms with Gasteiger partial charge in [0.15, 0.2) is 0 Å². The molecule has 2 rings (SSSR count). The first-order chi connectivity index (χ1) is 8.27. The lowest BCUT2D eigenvalue weighted by Crippen LogP contribution is -2.27. The lowest BCUT2D eigenvalue weighted by atomic mass is 10.1. The molecule has 17 heavy (non-hydrogen) atoms. The molecule has 0 aliphatic heterocycles. The number of aromatic nitrogens is 3. The van der Waals surface area contributed by atoms with Crippen LogP contribution in [-0.2, 0) is 6.54 Å². The predicted molar refractivity (Wildman–Crippen MR) is 63.5 cm³/mol. The van der Waals surface area contributed by atoms with E-state index in [2.05, 4.69) is 15.4 Å². The number of amides is 1. The van der Waals surface area contributed by atoms with E-state index in [1.54, 1.807) is 11.0 Å². The summed E-state index contributed by atoms with van der Waals surface area (Å²) < 4.78 is 1.68. The third-order valence-corrected chi connectivity index (χ3v) is 2.48. The maximum absolute atomic E-state index is 11.8. The molecule has 88 valence electrons. The molecule has 0 unspecified atom stereocenters. The summed E-state index contributed by atoms with van der Waals surface area (Å²) in [6.45, 7) is 3.08. The van der Waals surface area contributed by atoms with Gasteiger partial charge in [-0.1, -0.05) is 18.2 Å². The van der Waals surface area contributed by atoms with E-state index in [9.17, 15) is 4.79 Å². The van der Waals surface area contributed by atoms with Crippen molar-refractivity contribution in [3.05, 3.63) is 48.0 Å². The summed E-state index contributed by atoms with van der Waals surface area (Å²) in [4.78, 5) is 15.7. The van der Waals surface area contributed by atoms with Crippen LogP contribution in [0.5, 0.6) is 0 Å². The zero-order chi connectivity index (χ0) is 12.1. The van der Waals surface area contributed by atoms with Crippen molar-refractivity contribution >= 4 is 5.91 Å². The second kappa shape index (κ2) is 5.25. The fourth-order valence-corrected chi connectivity index (χ4v) is 1.56. The van der Waals surface area contributed by atoms with Gasteiger partial charge in [0.25, 0.3) is 5.91 Å². The molecule has 1 aromatic heterocycles. The van der Waals surface area contributed by atoms with E-state index in [-0.39, 0.29) is 5.91 Å². The highest BCUT2D eigenvalue weighted by atomic mass is 16.1. The molecular formula is C12H14N4O. The van der Waals surface area contributed by atoms with Gasteiger partial charge in [0, 0.05) is 12.1 Å². The molecule has 5 nitrogen and oxygen atoms in total. The van der Waals surface area contributed by atoms with E-state index in [1.165, 1.54) is 6.33 Å². The smallest absolute Gasteiger partial charge is 0.251 e. The molecule has 0 spiro atoms. The molecule has 0 fully saturated rings. The molecule has 1 aromatic carbocycles. The Morgan fingerprint density at radius 1 is 1.41 bits per heavy atom. The quantitative estimate of drug-likeness (QED) is 0.853. The van der Waals surface area contributed by atoms with Crippen LogP contribution in [-0.4, -0.2) is 27.2 Å². The Morgan fingerprint density at radius 3 is 2.94 bits per heavy atom. The Morgan fingerprint density at radius 2 is 2.24 bits per heavy atom. The van der Waals surface area contributed by atoms with Gasteiger partial charge in [-0.3, -0.25) is 9.48 Å². The molecule has 0 bridgehead atoms. The van der Waals surface area contributed by atoms with Crippen LogP contribution in [0.1, 0.15) is 15.9 Å². The fraction of sp³-hybridized carbons (Fsp3) is 0.250. The van der Waals surface area contributed by atoms with Crippen LogP contribution < -0.4 is 5.32 Å². The van der Waals surface area contributed by atoms with Crippen LogP contribution >= 0.6 is 0 Å². The second-order valence-corrected chi connectivity index (χ2v) is 3.73. The van der Waals surface area contributed by atoms with Gasteiger partial charge in [-0.05, 0) is 18.6 Å². The zero-order valence-electron chi connectivity index (χ0n) is 9.63. The lowest BCUT2D eigenvalue weighted by Gasteiger charge is -2.07. The fourth-order valence-electron chi connectivity index (χ4n) is 1.56. The van der Waals surface area contributed by atoms with E-state index >= 15 is 0 Å². The SMILES string of the molecule is Cc1ccccc1C(=O)NCCn1cncn1. The van der Waals surface area contributed by atoms with Crippen LogP contribution in [0, 0.1) is 6.92 Å². The summed E-state index contributed by atoms with van der Waals surface area (Å²) >= 11 is 0. The summed E-state index contributed by atoms with van der Waals surface area (Å²) in [5.41, 5.74) is 1.69.